The van der Waals surface area contributed by atoms with E-state index < -0.39 is 21.8 Å². The number of nitrogens with one attached hydrogen (secondary N) is 1. The zero-order valence-electron chi connectivity index (χ0n) is 10.4. The smallest absolute Gasteiger partial charge is 0.371 e. The van der Waals surface area contributed by atoms with Gasteiger partial charge in [0.05, 0.1) is 11.4 Å². The van der Waals surface area contributed by atoms with Crippen LogP contribution >= 0.6 is 31.9 Å². The number of anilines is 1. The van der Waals surface area contributed by atoms with Gasteiger partial charge in [0.1, 0.15) is 9.50 Å². The highest BCUT2D eigenvalue weighted by atomic mass is 79.9. The Hall–Kier alpha value is -1.39. The van der Waals surface area contributed by atoms with E-state index in [-0.39, 0.29) is 15.3 Å². The number of aromatic nitrogens is 1. The topological polar surface area (TPSA) is 110 Å². The van der Waals surface area contributed by atoms with Crippen LogP contribution in [-0.4, -0.2) is 24.5 Å². The Morgan fingerprint density at radius 1 is 1.38 bits per heavy atom. The Morgan fingerprint density at radius 2 is 2.05 bits per heavy atom. The number of hydrogen-bond acceptors (Lipinski definition) is 5. The van der Waals surface area contributed by atoms with E-state index in [9.17, 15) is 13.2 Å². The number of carboxylic acid groups (broad SMARTS) is 1. The summed E-state index contributed by atoms with van der Waals surface area (Å²) in [5.74, 6) is -1.84. The average Bonchev–Trinajstić information content (AvgIpc) is 2.76. The van der Waals surface area contributed by atoms with E-state index >= 15 is 0 Å². The molecule has 0 spiro atoms. The van der Waals surface area contributed by atoms with Gasteiger partial charge in [-0.25, -0.2) is 18.2 Å². The molecule has 2 heterocycles. The lowest BCUT2D eigenvalue weighted by atomic mass is 10.3. The van der Waals surface area contributed by atoms with Crippen LogP contribution in [0.5, 0.6) is 0 Å². The quantitative estimate of drug-likeness (QED) is 0.708. The molecule has 0 aliphatic heterocycles. The Morgan fingerprint density at radius 3 is 2.57 bits per heavy atom. The van der Waals surface area contributed by atoms with E-state index in [2.05, 4.69) is 41.6 Å². The van der Waals surface area contributed by atoms with Gasteiger partial charge in [-0.2, -0.15) is 0 Å². The maximum atomic E-state index is 12.3. The van der Waals surface area contributed by atoms with Gasteiger partial charge in [0.15, 0.2) is 4.67 Å². The summed E-state index contributed by atoms with van der Waals surface area (Å²) in [4.78, 5) is 14.6. The molecule has 0 unspecified atom stereocenters. The molecular formula is C11H8Br2N2O5S. The van der Waals surface area contributed by atoms with Crippen molar-refractivity contribution in [2.75, 3.05) is 4.72 Å². The number of pyridine rings is 1. The van der Waals surface area contributed by atoms with Crippen LogP contribution in [0, 0.1) is 6.92 Å². The van der Waals surface area contributed by atoms with Crippen LogP contribution in [0.25, 0.3) is 0 Å². The van der Waals surface area contributed by atoms with Crippen molar-refractivity contribution in [2.45, 2.75) is 11.8 Å². The van der Waals surface area contributed by atoms with Crippen molar-refractivity contribution in [3.05, 3.63) is 38.9 Å². The molecular weight excluding hydrogens is 432 g/mol. The predicted molar refractivity (Wildman–Crippen MR) is 80.8 cm³/mol. The number of hydrogen-bond donors (Lipinski definition) is 2. The third-order valence-electron chi connectivity index (χ3n) is 2.45. The summed E-state index contributed by atoms with van der Waals surface area (Å²) in [7, 11) is -4.00. The Bertz CT molecular complexity index is 816. The first-order valence-corrected chi connectivity index (χ1v) is 8.46. The van der Waals surface area contributed by atoms with Crippen molar-refractivity contribution < 1.29 is 22.7 Å². The van der Waals surface area contributed by atoms with Gasteiger partial charge in [0, 0.05) is 6.07 Å². The van der Waals surface area contributed by atoms with Crippen LogP contribution in [0.1, 0.15) is 16.2 Å². The molecule has 0 saturated heterocycles. The van der Waals surface area contributed by atoms with Crippen molar-refractivity contribution in [3.63, 3.8) is 0 Å². The monoisotopic (exact) mass is 438 g/mol. The van der Waals surface area contributed by atoms with Crippen LogP contribution in [0.15, 0.2) is 36.8 Å². The number of halogens is 2. The molecule has 0 radical (unpaired) electrons. The number of nitrogens with zero attached hydrogens (tertiary/aromatic N) is 1. The lowest BCUT2D eigenvalue weighted by Gasteiger charge is -2.09. The fraction of sp³-hybridized carbons (Fsp3) is 0.0909. The molecule has 2 aromatic heterocycles. The number of aryl methyl sites for hydroxylation is 1. The number of furan rings is 1. The summed E-state index contributed by atoms with van der Waals surface area (Å²) in [6.45, 7) is 1.63. The second-order valence-electron chi connectivity index (χ2n) is 3.93. The first-order valence-electron chi connectivity index (χ1n) is 5.39. The minimum atomic E-state index is -4.00. The highest BCUT2D eigenvalue weighted by Crippen LogP contribution is 2.28. The standard InChI is InChI=1S/C11H8Br2N2O5S/c1-5-6(2-3-9(12)14-5)15-21(18,19)8-4-7(11(16)17)20-10(8)13/h2-4,15H,1H3,(H,16,17). The molecule has 0 saturated carbocycles. The van der Waals surface area contributed by atoms with Gasteiger partial charge in [-0.05, 0) is 50.9 Å². The molecule has 10 heteroatoms. The highest BCUT2D eigenvalue weighted by Gasteiger charge is 2.25. The van der Waals surface area contributed by atoms with Gasteiger partial charge in [-0.3, -0.25) is 4.72 Å². The van der Waals surface area contributed by atoms with Crippen molar-refractivity contribution in [1.82, 2.24) is 4.98 Å². The van der Waals surface area contributed by atoms with Gasteiger partial charge < -0.3 is 9.52 Å². The molecule has 0 atom stereocenters. The van der Waals surface area contributed by atoms with Gasteiger partial charge in [-0.15, -0.1) is 0 Å². The van der Waals surface area contributed by atoms with Gasteiger partial charge in [-0.1, -0.05) is 0 Å². The summed E-state index contributed by atoms with van der Waals surface area (Å²) in [6.07, 6.45) is 0. The zero-order chi connectivity index (χ0) is 15.8. The van der Waals surface area contributed by atoms with E-state index in [1.165, 1.54) is 6.07 Å². The van der Waals surface area contributed by atoms with E-state index in [4.69, 9.17) is 9.52 Å². The van der Waals surface area contributed by atoms with Crippen molar-refractivity contribution >= 4 is 53.5 Å². The number of sulfonamides is 1. The zero-order valence-corrected chi connectivity index (χ0v) is 14.4. The van der Waals surface area contributed by atoms with E-state index in [1.54, 1.807) is 13.0 Å². The summed E-state index contributed by atoms with van der Waals surface area (Å²) >= 11 is 6.07. The second-order valence-corrected chi connectivity index (χ2v) is 7.11. The second kappa shape index (κ2) is 5.78. The predicted octanol–water partition coefficient (Wildman–Crippen LogP) is 3.01. The molecule has 0 aliphatic carbocycles. The van der Waals surface area contributed by atoms with Gasteiger partial charge in [0.2, 0.25) is 5.76 Å². The average molecular weight is 440 g/mol. The maximum Gasteiger partial charge on any atom is 0.371 e. The molecule has 0 amide bonds. The molecule has 0 aromatic carbocycles. The first-order chi connectivity index (χ1) is 9.70. The fourth-order valence-electron chi connectivity index (χ4n) is 1.48. The molecule has 0 fully saturated rings. The van der Waals surface area contributed by atoms with Crippen molar-refractivity contribution in [3.8, 4) is 0 Å². The lowest BCUT2D eigenvalue weighted by molar-refractivity contribution is 0.0661. The molecule has 0 aliphatic rings. The number of aromatic carboxylic acids is 1. The normalized spacial score (nSPS) is 11.4. The van der Waals surface area contributed by atoms with Crippen LogP contribution in [-0.2, 0) is 10.0 Å². The van der Waals surface area contributed by atoms with Gasteiger partial charge >= 0.3 is 5.97 Å². The van der Waals surface area contributed by atoms with Crippen molar-refractivity contribution in [2.24, 2.45) is 0 Å². The number of carbonyl (C=O) groups is 1. The molecule has 2 N–H and O–H groups in total. The third kappa shape index (κ3) is 3.44. The van der Waals surface area contributed by atoms with E-state index in [0.29, 0.717) is 10.3 Å². The van der Waals surface area contributed by atoms with Gasteiger partial charge in [0.25, 0.3) is 10.0 Å². The van der Waals surface area contributed by atoms with E-state index in [0.717, 1.165) is 6.07 Å². The molecule has 2 aromatic rings. The molecule has 0 bridgehead atoms. The third-order valence-corrected chi connectivity index (χ3v) is 5.12. The Labute approximate surface area is 136 Å². The van der Waals surface area contributed by atoms with E-state index in [1.807, 2.05) is 0 Å². The SMILES string of the molecule is Cc1nc(Br)ccc1NS(=O)(=O)c1cc(C(=O)O)oc1Br. The lowest BCUT2D eigenvalue weighted by Crippen LogP contribution is -2.14. The molecule has 21 heavy (non-hydrogen) atoms. The molecule has 7 nitrogen and oxygen atoms in total. The number of carboxylic acids is 1. The summed E-state index contributed by atoms with van der Waals surface area (Å²) in [5, 5.41) is 8.81. The molecule has 2 rings (SSSR count). The minimum absolute atomic E-state index is 0.185. The largest absolute Gasteiger partial charge is 0.475 e. The summed E-state index contributed by atoms with van der Waals surface area (Å²) in [6, 6.07) is 4.05. The van der Waals surface area contributed by atoms with Crippen LogP contribution in [0.4, 0.5) is 5.69 Å². The number of rotatable bonds is 4. The van der Waals surface area contributed by atoms with Crippen LogP contribution in [0.3, 0.4) is 0 Å². The Kier molecular flexibility index (Phi) is 4.40. The first kappa shape index (κ1) is 16.0. The fourth-order valence-corrected chi connectivity index (χ4v) is 3.94. The van der Waals surface area contributed by atoms with Crippen molar-refractivity contribution in [1.29, 1.82) is 0 Å². The summed E-state index contributed by atoms with van der Waals surface area (Å²) in [5.41, 5.74) is 0.745. The van der Waals surface area contributed by atoms with Crippen LogP contribution < -0.4 is 4.72 Å². The maximum absolute atomic E-state index is 12.3. The molecule has 112 valence electrons. The summed E-state index contributed by atoms with van der Waals surface area (Å²) < 4.78 is 32.1. The van der Waals surface area contributed by atoms with Crippen LogP contribution in [0.2, 0.25) is 0 Å². The highest BCUT2D eigenvalue weighted by molar-refractivity contribution is 9.10. The Balaban J connectivity index is 2.41. The minimum Gasteiger partial charge on any atom is -0.475 e.